The van der Waals surface area contributed by atoms with Crippen LogP contribution in [0.1, 0.15) is 40.0 Å². The Bertz CT molecular complexity index is 446. The molecule has 3 amide bonds. The molecule has 1 spiro atoms. The summed E-state index contributed by atoms with van der Waals surface area (Å²) in [6.07, 6.45) is 2.14. The van der Waals surface area contributed by atoms with E-state index < -0.39 is 24.1 Å². The van der Waals surface area contributed by atoms with Gasteiger partial charge in [-0.1, -0.05) is 20.8 Å². The molecular weight excluding hydrogens is 248 g/mol. The van der Waals surface area contributed by atoms with Gasteiger partial charge in [-0.25, -0.2) is 4.79 Å². The molecule has 2 rings (SSSR count). The molecule has 2 N–H and O–H groups in total. The Balaban J connectivity index is 2.28. The van der Waals surface area contributed by atoms with Crippen molar-refractivity contribution in [3.8, 4) is 0 Å². The first-order valence-corrected chi connectivity index (χ1v) is 6.51. The highest BCUT2D eigenvalue weighted by molar-refractivity contribution is 6.08. The lowest BCUT2D eigenvalue weighted by Gasteiger charge is -2.43. The quantitative estimate of drug-likeness (QED) is 0.737. The number of carbonyl (C=O) groups excluding carboxylic acids is 2. The number of urea groups is 1. The monoisotopic (exact) mass is 268 g/mol. The third-order valence-corrected chi connectivity index (χ3v) is 3.92. The summed E-state index contributed by atoms with van der Waals surface area (Å²) in [6, 6.07) is -0.586. The van der Waals surface area contributed by atoms with Crippen LogP contribution in [0, 0.1) is 11.3 Å². The Morgan fingerprint density at radius 2 is 2.05 bits per heavy atom. The van der Waals surface area contributed by atoms with Crippen molar-refractivity contribution in [2.24, 2.45) is 11.3 Å². The third-order valence-electron chi connectivity index (χ3n) is 3.92. The molecule has 0 aromatic heterocycles. The number of carbonyl (C=O) groups is 3. The van der Waals surface area contributed by atoms with Gasteiger partial charge >= 0.3 is 12.0 Å². The van der Waals surface area contributed by atoms with E-state index in [1.807, 2.05) is 0 Å². The van der Waals surface area contributed by atoms with Gasteiger partial charge in [0, 0.05) is 0 Å². The minimum Gasteiger partial charge on any atom is -0.480 e. The zero-order valence-electron chi connectivity index (χ0n) is 11.5. The maximum Gasteiger partial charge on any atom is 0.325 e. The molecule has 6 heteroatoms. The van der Waals surface area contributed by atoms with Crippen molar-refractivity contribution in [3.63, 3.8) is 0 Å². The smallest absolute Gasteiger partial charge is 0.325 e. The largest absolute Gasteiger partial charge is 0.480 e. The maximum absolute atomic E-state index is 12.4. The lowest BCUT2D eigenvalue weighted by molar-refractivity contribution is -0.144. The van der Waals surface area contributed by atoms with Crippen LogP contribution in [0.2, 0.25) is 0 Å². The van der Waals surface area contributed by atoms with E-state index in [0.717, 1.165) is 11.3 Å². The van der Waals surface area contributed by atoms with Crippen LogP contribution in [-0.4, -0.2) is 40.0 Å². The Hall–Kier alpha value is -1.59. The summed E-state index contributed by atoms with van der Waals surface area (Å²) in [5.41, 5.74) is -0.951. The summed E-state index contributed by atoms with van der Waals surface area (Å²) in [4.78, 5) is 35.8. The molecule has 2 aliphatic rings. The SMILES string of the molecule is C[C@@H]1CC(C)(C)C[C@]2(C1)NC(=O)N(CC(=O)O)C2=O. The van der Waals surface area contributed by atoms with Crippen molar-refractivity contribution < 1.29 is 19.5 Å². The van der Waals surface area contributed by atoms with E-state index in [9.17, 15) is 14.4 Å². The van der Waals surface area contributed by atoms with Crippen molar-refractivity contribution in [1.82, 2.24) is 10.2 Å². The third kappa shape index (κ3) is 2.43. The minimum atomic E-state index is -1.18. The molecule has 1 aliphatic heterocycles. The van der Waals surface area contributed by atoms with Gasteiger partial charge < -0.3 is 10.4 Å². The number of hydrogen-bond acceptors (Lipinski definition) is 3. The first-order chi connectivity index (χ1) is 8.65. The highest BCUT2D eigenvalue weighted by Crippen LogP contribution is 2.46. The normalized spacial score (nSPS) is 33.6. The zero-order valence-corrected chi connectivity index (χ0v) is 11.5. The molecule has 1 heterocycles. The average Bonchev–Trinajstić information content (AvgIpc) is 2.38. The van der Waals surface area contributed by atoms with Gasteiger partial charge in [0.25, 0.3) is 5.91 Å². The van der Waals surface area contributed by atoms with Crippen molar-refractivity contribution in [2.75, 3.05) is 6.54 Å². The van der Waals surface area contributed by atoms with E-state index in [-0.39, 0.29) is 11.3 Å². The number of rotatable bonds is 2. The first kappa shape index (κ1) is 13.8. The maximum atomic E-state index is 12.4. The molecule has 0 bridgehead atoms. The topological polar surface area (TPSA) is 86.7 Å². The van der Waals surface area contributed by atoms with Crippen LogP contribution < -0.4 is 5.32 Å². The van der Waals surface area contributed by atoms with E-state index in [1.165, 1.54) is 0 Å². The highest BCUT2D eigenvalue weighted by Gasteiger charge is 2.56. The second-order valence-corrected chi connectivity index (χ2v) is 6.65. The molecule has 0 unspecified atom stereocenters. The summed E-state index contributed by atoms with van der Waals surface area (Å²) in [5, 5.41) is 11.5. The second-order valence-electron chi connectivity index (χ2n) is 6.65. The number of carboxylic acids is 1. The summed E-state index contributed by atoms with van der Waals surface area (Å²) in [6.45, 7) is 5.64. The fourth-order valence-corrected chi connectivity index (χ4v) is 3.78. The molecule has 0 radical (unpaired) electrons. The molecule has 0 aromatic carbocycles. The van der Waals surface area contributed by atoms with Crippen LogP contribution in [0.5, 0.6) is 0 Å². The number of hydrogen-bond donors (Lipinski definition) is 2. The molecule has 1 saturated carbocycles. The van der Waals surface area contributed by atoms with E-state index in [2.05, 4.69) is 26.1 Å². The summed E-state index contributed by atoms with van der Waals surface area (Å²) >= 11 is 0. The first-order valence-electron chi connectivity index (χ1n) is 6.51. The van der Waals surface area contributed by atoms with Gasteiger partial charge in [-0.15, -0.1) is 0 Å². The molecule has 19 heavy (non-hydrogen) atoms. The highest BCUT2D eigenvalue weighted by atomic mass is 16.4. The molecular formula is C13H20N2O4. The average molecular weight is 268 g/mol. The van der Waals surface area contributed by atoms with Crippen LogP contribution in [-0.2, 0) is 9.59 Å². The number of nitrogens with one attached hydrogen (secondary N) is 1. The fraction of sp³-hybridized carbons (Fsp3) is 0.769. The van der Waals surface area contributed by atoms with E-state index in [4.69, 9.17) is 5.11 Å². The standard InChI is InChI=1S/C13H20N2O4/c1-8-4-12(2,3)7-13(5-8)10(18)15(6-9(16)17)11(19)14-13/h8H,4-7H2,1-3H3,(H,14,19)(H,16,17)/t8-,13+/m1/s1. The van der Waals surface area contributed by atoms with E-state index in [1.54, 1.807) is 0 Å². The fourth-order valence-electron chi connectivity index (χ4n) is 3.78. The Kier molecular flexibility index (Phi) is 3.07. The van der Waals surface area contributed by atoms with Crippen molar-refractivity contribution >= 4 is 17.9 Å². The molecule has 1 saturated heterocycles. The second kappa shape index (κ2) is 4.21. The van der Waals surface area contributed by atoms with Gasteiger partial charge in [-0.3, -0.25) is 14.5 Å². The number of amides is 3. The summed E-state index contributed by atoms with van der Waals surface area (Å²) in [7, 11) is 0. The van der Waals surface area contributed by atoms with Crippen molar-refractivity contribution in [2.45, 2.75) is 45.6 Å². The van der Waals surface area contributed by atoms with Gasteiger partial charge in [0.1, 0.15) is 12.1 Å². The number of imide groups is 1. The van der Waals surface area contributed by atoms with Gasteiger partial charge in [0.2, 0.25) is 0 Å². The van der Waals surface area contributed by atoms with E-state index >= 15 is 0 Å². The van der Waals surface area contributed by atoms with Crippen LogP contribution in [0.25, 0.3) is 0 Å². The van der Waals surface area contributed by atoms with Gasteiger partial charge in [-0.05, 0) is 30.6 Å². The zero-order chi connectivity index (χ0) is 14.4. The number of aliphatic carboxylic acids is 1. The molecule has 2 fully saturated rings. The predicted molar refractivity (Wildman–Crippen MR) is 67.4 cm³/mol. The predicted octanol–water partition coefficient (Wildman–Crippen LogP) is 1.21. The Morgan fingerprint density at radius 3 is 2.58 bits per heavy atom. The van der Waals surface area contributed by atoms with Crippen molar-refractivity contribution in [3.05, 3.63) is 0 Å². The van der Waals surface area contributed by atoms with Crippen LogP contribution in [0.4, 0.5) is 4.79 Å². The number of nitrogens with zero attached hydrogens (tertiary/aromatic N) is 1. The Labute approximate surface area is 112 Å². The number of carboxylic acid groups (broad SMARTS) is 1. The summed E-state index contributed by atoms with van der Waals surface area (Å²) in [5.74, 6) is -1.25. The minimum absolute atomic E-state index is 0.0418. The Morgan fingerprint density at radius 1 is 1.42 bits per heavy atom. The molecule has 6 nitrogen and oxygen atoms in total. The lowest BCUT2D eigenvalue weighted by atomic mass is 9.64. The molecule has 2 atom stereocenters. The van der Waals surface area contributed by atoms with E-state index in [0.29, 0.717) is 18.8 Å². The van der Waals surface area contributed by atoms with Gasteiger partial charge in [0.15, 0.2) is 0 Å². The summed E-state index contributed by atoms with van der Waals surface area (Å²) < 4.78 is 0. The lowest BCUT2D eigenvalue weighted by Crippen LogP contribution is -2.54. The molecule has 0 aromatic rings. The van der Waals surface area contributed by atoms with Crippen LogP contribution in [0.3, 0.4) is 0 Å². The van der Waals surface area contributed by atoms with Gasteiger partial charge in [0.05, 0.1) is 0 Å². The molecule has 106 valence electrons. The van der Waals surface area contributed by atoms with Crippen molar-refractivity contribution in [1.29, 1.82) is 0 Å². The van der Waals surface area contributed by atoms with Gasteiger partial charge in [-0.2, -0.15) is 0 Å². The van der Waals surface area contributed by atoms with Crippen LogP contribution in [0.15, 0.2) is 0 Å². The molecule has 1 aliphatic carbocycles. The van der Waals surface area contributed by atoms with Crippen LogP contribution >= 0.6 is 0 Å².